The summed E-state index contributed by atoms with van der Waals surface area (Å²) in [5.74, 6) is -1.07. The highest BCUT2D eigenvalue weighted by Gasteiger charge is 2.29. The van der Waals surface area contributed by atoms with Crippen LogP contribution in [0.1, 0.15) is 36.5 Å². The van der Waals surface area contributed by atoms with Crippen molar-refractivity contribution in [2.24, 2.45) is 0 Å². The monoisotopic (exact) mass is 310 g/mol. The first kappa shape index (κ1) is 16.4. The molecule has 0 aromatic heterocycles. The molecule has 0 saturated carbocycles. The third-order valence-corrected chi connectivity index (χ3v) is 3.74. The van der Waals surface area contributed by atoms with Crippen molar-refractivity contribution < 1.29 is 18.4 Å². The summed E-state index contributed by atoms with van der Waals surface area (Å²) in [5, 5.41) is 2.71. The standard InChI is InChI=1S/C16H20F2N2O2/c1-11(17)8-15(21)20-7-3-6-14(20)10-19-16(22)12-4-2-5-13(18)9-12/h2,4-5,9,11,14H,3,6-8,10H2,1H3,(H,19,22)/t11?,14-/m0/s1. The lowest BCUT2D eigenvalue weighted by Gasteiger charge is -2.25. The predicted molar refractivity (Wildman–Crippen MR) is 78.7 cm³/mol. The second kappa shape index (κ2) is 7.33. The summed E-state index contributed by atoms with van der Waals surface area (Å²) in [5.41, 5.74) is 0.244. The molecular weight excluding hydrogens is 290 g/mol. The number of benzene rings is 1. The number of carbonyl (C=O) groups is 2. The van der Waals surface area contributed by atoms with Crippen LogP contribution in [0.25, 0.3) is 0 Å². The summed E-state index contributed by atoms with van der Waals surface area (Å²) < 4.78 is 26.0. The van der Waals surface area contributed by atoms with E-state index in [9.17, 15) is 18.4 Å². The largest absolute Gasteiger partial charge is 0.350 e. The van der Waals surface area contributed by atoms with Crippen molar-refractivity contribution in [3.63, 3.8) is 0 Å². The van der Waals surface area contributed by atoms with Crippen LogP contribution in [-0.2, 0) is 4.79 Å². The number of amides is 2. The lowest BCUT2D eigenvalue weighted by Crippen LogP contribution is -2.43. The summed E-state index contributed by atoms with van der Waals surface area (Å²) in [7, 11) is 0. The average Bonchev–Trinajstić information content (AvgIpc) is 2.92. The maximum Gasteiger partial charge on any atom is 0.251 e. The van der Waals surface area contributed by atoms with Gasteiger partial charge in [0.2, 0.25) is 5.91 Å². The first-order valence-corrected chi connectivity index (χ1v) is 7.44. The Labute approximate surface area is 128 Å². The molecular formula is C16H20F2N2O2. The zero-order valence-electron chi connectivity index (χ0n) is 12.5. The number of carbonyl (C=O) groups excluding carboxylic acids is 2. The Morgan fingerprint density at radius 3 is 2.91 bits per heavy atom. The van der Waals surface area contributed by atoms with Crippen molar-refractivity contribution in [2.75, 3.05) is 13.1 Å². The molecule has 2 rings (SSSR count). The van der Waals surface area contributed by atoms with Crippen LogP contribution in [0, 0.1) is 5.82 Å². The summed E-state index contributed by atoms with van der Waals surface area (Å²) >= 11 is 0. The fourth-order valence-corrected chi connectivity index (χ4v) is 2.68. The molecule has 0 radical (unpaired) electrons. The molecule has 1 unspecified atom stereocenters. The van der Waals surface area contributed by atoms with Crippen molar-refractivity contribution in [1.29, 1.82) is 0 Å². The molecule has 1 aromatic carbocycles. The van der Waals surface area contributed by atoms with Gasteiger partial charge in [-0.2, -0.15) is 0 Å². The average molecular weight is 310 g/mol. The van der Waals surface area contributed by atoms with Crippen molar-refractivity contribution in [2.45, 2.75) is 38.4 Å². The quantitative estimate of drug-likeness (QED) is 0.907. The normalized spacial score (nSPS) is 19.0. The highest BCUT2D eigenvalue weighted by atomic mass is 19.1. The lowest BCUT2D eigenvalue weighted by atomic mass is 10.1. The van der Waals surface area contributed by atoms with Crippen LogP contribution < -0.4 is 5.32 Å². The van der Waals surface area contributed by atoms with E-state index in [0.29, 0.717) is 13.1 Å². The molecule has 1 heterocycles. The van der Waals surface area contributed by atoms with E-state index < -0.39 is 12.0 Å². The molecule has 0 bridgehead atoms. The molecule has 1 saturated heterocycles. The zero-order chi connectivity index (χ0) is 16.1. The van der Waals surface area contributed by atoms with Gasteiger partial charge in [0.25, 0.3) is 5.91 Å². The van der Waals surface area contributed by atoms with Gasteiger partial charge in [-0.15, -0.1) is 0 Å². The third-order valence-electron chi connectivity index (χ3n) is 3.74. The van der Waals surface area contributed by atoms with E-state index in [0.717, 1.165) is 18.9 Å². The van der Waals surface area contributed by atoms with Crippen LogP contribution in [-0.4, -0.2) is 42.0 Å². The van der Waals surface area contributed by atoms with Crippen LogP contribution in [0.15, 0.2) is 24.3 Å². The van der Waals surface area contributed by atoms with Crippen molar-refractivity contribution in [3.05, 3.63) is 35.6 Å². The van der Waals surface area contributed by atoms with Crippen molar-refractivity contribution >= 4 is 11.8 Å². The van der Waals surface area contributed by atoms with Gasteiger partial charge < -0.3 is 10.2 Å². The van der Waals surface area contributed by atoms with Gasteiger partial charge in [-0.1, -0.05) is 6.07 Å². The topological polar surface area (TPSA) is 49.4 Å². The summed E-state index contributed by atoms with van der Waals surface area (Å²) in [4.78, 5) is 25.5. The molecule has 2 amide bonds. The number of hydrogen-bond donors (Lipinski definition) is 1. The van der Waals surface area contributed by atoms with Gasteiger partial charge in [0.15, 0.2) is 0 Å². The number of nitrogens with one attached hydrogen (secondary N) is 1. The SMILES string of the molecule is CC(F)CC(=O)N1CCC[C@H]1CNC(=O)c1cccc(F)c1. The van der Waals surface area contributed by atoms with Gasteiger partial charge in [-0.3, -0.25) is 9.59 Å². The predicted octanol–water partition coefficient (Wildman–Crippen LogP) is 2.29. The Morgan fingerprint density at radius 1 is 1.45 bits per heavy atom. The smallest absolute Gasteiger partial charge is 0.251 e. The van der Waals surface area contributed by atoms with Crippen LogP contribution in [0.2, 0.25) is 0 Å². The molecule has 0 aliphatic carbocycles. The van der Waals surface area contributed by atoms with E-state index in [1.807, 2.05) is 0 Å². The van der Waals surface area contributed by atoms with Gasteiger partial charge in [0.1, 0.15) is 12.0 Å². The lowest BCUT2D eigenvalue weighted by molar-refractivity contribution is -0.133. The number of likely N-dealkylation sites (tertiary alicyclic amines) is 1. The second-order valence-corrected chi connectivity index (χ2v) is 5.59. The zero-order valence-corrected chi connectivity index (χ0v) is 12.5. The fourth-order valence-electron chi connectivity index (χ4n) is 2.68. The van der Waals surface area contributed by atoms with E-state index in [4.69, 9.17) is 0 Å². The second-order valence-electron chi connectivity index (χ2n) is 5.59. The molecule has 1 fully saturated rings. The number of alkyl halides is 1. The molecule has 0 spiro atoms. The van der Waals surface area contributed by atoms with Gasteiger partial charge in [-0.05, 0) is 38.0 Å². The maximum absolute atomic E-state index is 13.1. The Balaban J connectivity index is 1.90. The van der Waals surface area contributed by atoms with Crippen molar-refractivity contribution in [1.82, 2.24) is 10.2 Å². The Hall–Kier alpha value is -1.98. The van der Waals surface area contributed by atoms with Crippen LogP contribution in [0.3, 0.4) is 0 Å². The van der Waals surface area contributed by atoms with E-state index in [1.165, 1.54) is 25.1 Å². The molecule has 1 aromatic rings. The van der Waals surface area contributed by atoms with Gasteiger partial charge in [0, 0.05) is 24.7 Å². The maximum atomic E-state index is 13.1. The van der Waals surface area contributed by atoms with Gasteiger partial charge in [0.05, 0.1) is 6.42 Å². The number of nitrogens with zero attached hydrogens (tertiary/aromatic N) is 1. The molecule has 6 heteroatoms. The summed E-state index contributed by atoms with van der Waals surface area (Å²) in [6, 6.07) is 5.31. The molecule has 22 heavy (non-hydrogen) atoms. The third kappa shape index (κ3) is 4.26. The van der Waals surface area contributed by atoms with E-state index in [1.54, 1.807) is 4.90 Å². The Bertz CT molecular complexity index is 549. The van der Waals surface area contributed by atoms with E-state index in [2.05, 4.69) is 5.32 Å². The molecule has 4 nitrogen and oxygen atoms in total. The van der Waals surface area contributed by atoms with Crippen LogP contribution in [0.4, 0.5) is 8.78 Å². The molecule has 120 valence electrons. The van der Waals surface area contributed by atoms with Crippen molar-refractivity contribution in [3.8, 4) is 0 Å². The summed E-state index contributed by atoms with van der Waals surface area (Å²) in [6.45, 7) is 2.24. The minimum atomic E-state index is -1.17. The molecule has 2 atom stereocenters. The van der Waals surface area contributed by atoms with Crippen LogP contribution in [0.5, 0.6) is 0 Å². The van der Waals surface area contributed by atoms with Gasteiger partial charge in [-0.25, -0.2) is 8.78 Å². The minimum Gasteiger partial charge on any atom is -0.350 e. The first-order chi connectivity index (χ1) is 10.5. The molecule has 1 aliphatic rings. The molecule has 1 N–H and O–H groups in total. The molecule has 1 aliphatic heterocycles. The first-order valence-electron chi connectivity index (χ1n) is 7.44. The highest BCUT2D eigenvalue weighted by molar-refractivity contribution is 5.94. The van der Waals surface area contributed by atoms with E-state index >= 15 is 0 Å². The van der Waals surface area contributed by atoms with E-state index in [-0.39, 0.29) is 29.8 Å². The summed E-state index contributed by atoms with van der Waals surface area (Å²) in [6.07, 6.45) is 0.313. The minimum absolute atomic E-state index is 0.122. The van der Waals surface area contributed by atoms with Crippen LogP contribution >= 0.6 is 0 Å². The Kier molecular flexibility index (Phi) is 5.46. The Morgan fingerprint density at radius 2 is 2.23 bits per heavy atom. The fraction of sp³-hybridized carbons (Fsp3) is 0.500. The highest BCUT2D eigenvalue weighted by Crippen LogP contribution is 2.18. The number of halogens is 2. The van der Waals surface area contributed by atoms with Gasteiger partial charge >= 0.3 is 0 Å². The number of rotatable bonds is 5. The number of hydrogen-bond acceptors (Lipinski definition) is 2.